The smallest absolute Gasteiger partial charge is 0.320 e. The van der Waals surface area contributed by atoms with Gasteiger partial charge in [0.05, 0.1) is 0 Å². The molecular weight excluding hydrogens is 250 g/mol. The fourth-order valence-corrected chi connectivity index (χ4v) is 1.91. The number of nitrogens with zero attached hydrogens (tertiary/aromatic N) is 4. The summed E-state index contributed by atoms with van der Waals surface area (Å²) >= 11 is 0.860. The Morgan fingerprint density at radius 1 is 1.47 bits per heavy atom. The Morgan fingerprint density at radius 3 is 2.53 bits per heavy atom. The third-order valence-electron chi connectivity index (χ3n) is 1.89. The van der Waals surface area contributed by atoms with Gasteiger partial charge in [-0.1, -0.05) is 11.8 Å². The second-order valence-corrected chi connectivity index (χ2v) is 4.38. The first-order valence-electron chi connectivity index (χ1n) is 4.52. The Kier molecular flexibility index (Phi) is 4.40. The van der Waals surface area contributed by atoms with E-state index < -0.39 is 23.2 Å². The van der Waals surface area contributed by atoms with Crippen molar-refractivity contribution in [2.75, 3.05) is 0 Å². The zero-order valence-corrected chi connectivity index (χ0v) is 9.66. The summed E-state index contributed by atoms with van der Waals surface area (Å²) in [6.45, 7) is 0. The lowest BCUT2D eigenvalue weighted by molar-refractivity contribution is -0.139. The van der Waals surface area contributed by atoms with Crippen LogP contribution in [0.5, 0.6) is 0 Å². The van der Waals surface area contributed by atoms with Crippen molar-refractivity contribution in [2.24, 2.45) is 12.8 Å². The van der Waals surface area contributed by atoms with E-state index in [0.29, 0.717) is 0 Å². The molecule has 0 aliphatic heterocycles. The number of aromatic nitrogens is 4. The van der Waals surface area contributed by atoms with Crippen molar-refractivity contribution in [3.8, 4) is 0 Å². The van der Waals surface area contributed by atoms with Crippen LogP contribution in [0.4, 0.5) is 0 Å². The number of thioether (sulfide) groups is 1. The van der Waals surface area contributed by atoms with Crippen molar-refractivity contribution >= 4 is 23.7 Å². The van der Waals surface area contributed by atoms with E-state index in [-0.39, 0.29) is 11.6 Å². The van der Waals surface area contributed by atoms with E-state index in [1.54, 1.807) is 7.05 Å². The average Bonchev–Trinajstić information content (AvgIpc) is 2.62. The van der Waals surface area contributed by atoms with Gasteiger partial charge >= 0.3 is 11.9 Å². The molecule has 17 heavy (non-hydrogen) atoms. The third-order valence-corrected chi connectivity index (χ3v) is 3.12. The monoisotopic (exact) mass is 261 g/mol. The molecule has 1 rings (SSSR count). The zero-order chi connectivity index (χ0) is 13.0. The minimum Gasteiger partial charge on any atom is -0.480 e. The minimum atomic E-state index is -1.24. The summed E-state index contributed by atoms with van der Waals surface area (Å²) in [7, 11) is 1.55. The number of carboxylic acids is 2. The van der Waals surface area contributed by atoms with Gasteiger partial charge in [0, 0.05) is 7.05 Å². The highest BCUT2D eigenvalue weighted by atomic mass is 32.2. The topological polar surface area (TPSA) is 144 Å². The van der Waals surface area contributed by atoms with Crippen molar-refractivity contribution in [2.45, 2.75) is 22.9 Å². The molecule has 0 aliphatic rings. The lowest BCUT2D eigenvalue weighted by Gasteiger charge is -2.13. The molecule has 1 aromatic heterocycles. The Hall–Kier alpha value is -1.68. The Labute approximate surface area is 100.0 Å². The van der Waals surface area contributed by atoms with Gasteiger partial charge in [0.2, 0.25) is 5.16 Å². The first kappa shape index (κ1) is 13.4. The van der Waals surface area contributed by atoms with Crippen molar-refractivity contribution < 1.29 is 19.8 Å². The number of aryl methyl sites for hydroxylation is 1. The summed E-state index contributed by atoms with van der Waals surface area (Å²) in [5.74, 6) is -2.40. The van der Waals surface area contributed by atoms with Crippen molar-refractivity contribution in [3.63, 3.8) is 0 Å². The normalized spacial score (nSPS) is 14.2. The van der Waals surface area contributed by atoms with Crippen LogP contribution in [-0.4, -0.2) is 53.7 Å². The van der Waals surface area contributed by atoms with Crippen LogP contribution in [0, 0.1) is 0 Å². The Bertz CT molecular complexity index is 422. The molecule has 94 valence electrons. The second kappa shape index (κ2) is 5.59. The molecule has 1 unspecified atom stereocenters. The van der Waals surface area contributed by atoms with Crippen LogP contribution >= 0.6 is 11.8 Å². The van der Waals surface area contributed by atoms with Crippen LogP contribution in [0.2, 0.25) is 0 Å². The summed E-state index contributed by atoms with van der Waals surface area (Å²) in [6.07, 6.45) is -0.206. The van der Waals surface area contributed by atoms with Crippen LogP contribution in [0.1, 0.15) is 6.42 Å². The van der Waals surface area contributed by atoms with Gasteiger partial charge in [-0.25, -0.2) is 4.68 Å². The Morgan fingerprint density at radius 2 is 2.12 bits per heavy atom. The summed E-state index contributed by atoms with van der Waals surface area (Å²) in [5, 5.41) is 27.3. The van der Waals surface area contributed by atoms with E-state index in [1.165, 1.54) is 4.68 Å². The zero-order valence-electron chi connectivity index (χ0n) is 8.85. The molecule has 1 aromatic rings. The molecule has 4 N–H and O–H groups in total. The van der Waals surface area contributed by atoms with Gasteiger partial charge < -0.3 is 15.9 Å². The number of tetrazole rings is 1. The van der Waals surface area contributed by atoms with Gasteiger partial charge in [-0.15, -0.1) is 5.10 Å². The van der Waals surface area contributed by atoms with Gasteiger partial charge in [-0.05, 0) is 16.8 Å². The molecule has 0 aromatic carbocycles. The lowest BCUT2D eigenvalue weighted by atomic mass is 10.2. The van der Waals surface area contributed by atoms with Crippen molar-refractivity contribution in [3.05, 3.63) is 0 Å². The number of hydrogen-bond acceptors (Lipinski definition) is 7. The standard InChI is InChI=1S/C7H11N5O4S/c1-12-7(9-10-11-12)17-4(6(15)16)2-3(8)5(13)14/h3-4H,2,8H2,1H3,(H,13,14)(H,15,16)/t3-,4?/m0/s1. The van der Waals surface area contributed by atoms with E-state index in [0.717, 1.165) is 11.8 Å². The van der Waals surface area contributed by atoms with Crippen LogP contribution < -0.4 is 5.73 Å². The highest BCUT2D eigenvalue weighted by molar-refractivity contribution is 8.00. The lowest BCUT2D eigenvalue weighted by Crippen LogP contribution is -2.35. The van der Waals surface area contributed by atoms with Crippen LogP contribution in [0.15, 0.2) is 5.16 Å². The number of hydrogen-bond donors (Lipinski definition) is 3. The van der Waals surface area contributed by atoms with Crippen LogP contribution in [-0.2, 0) is 16.6 Å². The molecule has 0 saturated carbocycles. The maximum Gasteiger partial charge on any atom is 0.320 e. The first-order valence-corrected chi connectivity index (χ1v) is 5.40. The van der Waals surface area contributed by atoms with Crippen LogP contribution in [0.25, 0.3) is 0 Å². The molecule has 9 nitrogen and oxygen atoms in total. The summed E-state index contributed by atoms with van der Waals surface area (Å²) in [5.41, 5.74) is 5.29. The van der Waals surface area contributed by atoms with E-state index in [1.807, 2.05) is 0 Å². The molecule has 0 saturated heterocycles. The maximum absolute atomic E-state index is 10.9. The minimum absolute atomic E-state index is 0.206. The molecule has 0 amide bonds. The number of nitrogens with two attached hydrogens (primary N) is 1. The fraction of sp³-hybridized carbons (Fsp3) is 0.571. The molecule has 0 bridgehead atoms. The van der Waals surface area contributed by atoms with E-state index in [2.05, 4.69) is 15.5 Å². The molecule has 0 radical (unpaired) electrons. The highest BCUT2D eigenvalue weighted by Crippen LogP contribution is 2.23. The van der Waals surface area contributed by atoms with Gasteiger partial charge in [0.15, 0.2) is 0 Å². The molecule has 0 aliphatic carbocycles. The molecule has 2 atom stereocenters. The number of carbonyl (C=O) groups is 2. The average molecular weight is 261 g/mol. The van der Waals surface area contributed by atoms with Gasteiger partial charge in [0.1, 0.15) is 11.3 Å². The molecule has 0 fully saturated rings. The quantitative estimate of drug-likeness (QED) is 0.524. The largest absolute Gasteiger partial charge is 0.480 e. The van der Waals surface area contributed by atoms with E-state index >= 15 is 0 Å². The summed E-state index contributed by atoms with van der Waals surface area (Å²) in [4.78, 5) is 21.5. The summed E-state index contributed by atoms with van der Waals surface area (Å²) < 4.78 is 1.30. The summed E-state index contributed by atoms with van der Waals surface area (Å²) in [6, 6.07) is -1.23. The number of carboxylic acid groups (broad SMARTS) is 2. The maximum atomic E-state index is 10.9. The van der Waals surface area contributed by atoms with Crippen molar-refractivity contribution in [1.29, 1.82) is 0 Å². The van der Waals surface area contributed by atoms with Gasteiger partial charge in [0.25, 0.3) is 0 Å². The predicted octanol–water partition coefficient (Wildman–Crippen LogP) is -1.44. The molecule has 10 heteroatoms. The second-order valence-electron chi connectivity index (χ2n) is 3.21. The number of aliphatic carboxylic acids is 2. The highest BCUT2D eigenvalue weighted by Gasteiger charge is 2.27. The number of rotatable bonds is 6. The van der Waals surface area contributed by atoms with Gasteiger partial charge in [-0.3, -0.25) is 9.59 Å². The molecular formula is C7H11N5O4S. The fourth-order valence-electron chi connectivity index (χ4n) is 0.979. The van der Waals surface area contributed by atoms with E-state index in [9.17, 15) is 9.59 Å². The molecule has 1 heterocycles. The molecule has 0 spiro atoms. The van der Waals surface area contributed by atoms with Crippen LogP contribution in [0.3, 0.4) is 0 Å². The Balaban J connectivity index is 2.71. The van der Waals surface area contributed by atoms with Crippen molar-refractivity contribution in [1.82, 2.24) is 20.2 Å². The van der Waals surface area contributed by atoms with Gasteiger partial charge in [-0.2, -0.15) is 0 Å². The SMILES string of the molecule is Cn1nnnc1SC(C[C@H](N)C(=O)O)C(=O)O. The first-order chi connectivity index (χ1) is 7.91. The van der Waals surface area contributed by atoms with E-state index in [4.69, 9.17) is 15.9 Å². The predicted molar refractivity (Wildman–Crippen MR) is 56.3 cm³/mol. The third kappa shape index (κ3) is 3.67.